The molecule has 2 N–H and O–H groups in total. The molecule has 1 heterocycles. The Morgan fingerprint density at radius 1 is 1.12 bits per heavy atom. The van der Waals surface area contributed by atoms with Gasteiger partial charge in [-0.25, -0.2) is 4.39 Å². The first-order chi connectivity index (χ1) is 12.0. The molecule has 140 valence electrons. The third-order valence-electron chi connectivity index (χ3n) is 5.78. The van der Waals surface area contributed by atoms with E-state index in [1.165, 1.54) is 38.2 Å². The maximum absolute atomic E-state index is 13.5. The number of hydrogen-bond donors (Lipinski definition) is 1. The summed E-state index contributed by atoms with van der Waals surface area (Å²) in [6.45, 7) is 6.23. The first-order valence-corrected chi connectivity index (χ1v) is 10.1. The van der Waals surface area contributed by atoms with Crippen molar-refractivity contribution in [1.82, 2.24) is 4.90 Å². The Balaban J connectivity index is 1.53. The Hall–Kier alpha value is -0.550. The van der Waals surface area contributed by atoms with Crippen LogP contribution in [-0.4, -0.2) is 43.2 Å². The van der Waals surface area contributed by atoms with Crippen LogP contribution in [0.15, 0.2) is 12.1 Å². The van der Waals surface area contributed by atoms with E-state index in [0.717, 1.165) is 37.8 Å². The molecule has 0 aromatic heterocycles. The van der Waals surface area contributed by atoms with Gasteiger partial charge in [0, 0.05) is 31.7 Å². The second kappa shape index (κ2) is 8.43. The summed E-state index contributed by atoms with van der Waals surface area (Å²) in [4.78, 5) is 4.78. The van der Waals surface area contributed by atoms with Crippen LogP contribution in [0.4, 0.5) is 10.1 Å². The average molecular weight is 388 g/mol. The van der Waals surface area contributed by atoms with Gasteiger partial charge in [0.25, 0.3) is 0 Å². The predicted octanol–water partition coefficient (Wildman–Crippen LogP) is 4.55. The monoisotopic (exact) mass is 387 g/mol. The molecule has 1 atom stereocenters. The van der Waals surface area contributed by atoms with Crippen LogP contribution in [0, 0.1) is 11.7 Å². The van der Waals surface area contributed by atoms with E-state index in [9.17, 15) is 4.39 Å². The van der Waals surface area contributed by atoms with E-state index in [2.05, 4.69) is 16.7 Å². The summed E-state index contributed by atoms with van der Waals surface area (Å²) in [7, 11) is 0. The molecule has 25 heavy (non-hydrogen) atoms. The Morgan fingerprint density at radius 2 is 1.84 bits per heavy atom. The van der Waals surface area contributed by atoms with Crippen LogP contribution in [0.3, 0.4) is 0 Å². The summed E-state index contributed by atoms with van der Waals surface area (Å²) in [6.07, 6.45) is 6.18. The highest BCUT2D eigenvalue weighted by Gasteiger charge is 2.27. The van der Waals surface area contributed by atoms with E-state index in [1.54, 1.807) is 6.07 Å². The number of nitrogens with zero attached hydrogens (tertiary/aromatic N) is 2. The van der Waals surface area contributed by atoms with Crippen LogP contribution in [0.1, 0.15) is 39.0 Å². The van der Waals surface area contributed by atoms with Crippen molar-refractivity contribution < 1.29 is 4.39 Å². The molecule has 2 aliphatic rings. The quantitative estimate of drug-likeness (QED) is 0.768. The molecular weight excluding hydrogens is 360 g/mol. The molecule has 0 unspecified atom stereocenters. The van der Waals surface area contributed by atoms with Crippen molar-refractivity contribution in [2.24, 2.45) is 11.7 Å². The number of rotatable bonds is 4. The molecule has 3 nitrogen and oxygen atoms in total. The fourth-order valence-corrected chi connectivity index (χ4v) is 4.60. The Bertz CT molecular complexity index is 590. The van der Waals surface area contributed by atoms with Gasteiger partial charge in [-0.2, -0.15) is 0 Å². The fourth-order valence-electron chi connectivity index (χ4n) is 4.17. The van der Waals surface area contributed by atoms with Crippen molar-refractivity contribution >= 4 is 28.9 Å². The van der Waals surface area contributed by atoms with Gasteiger partial charge >= 0.3 is 0 Å². The SMILES string of the molecule is C[C@@H]1CN(CCC2CCC(N)CC2)CCN1c1ccc(F)c(Cl)c1Cl. The molecule has 0 radical (unpaired) electrons. The van der Waals surface area contributed by atoms with Gasteiger partial charge in [-0.05, 0) is 63.6 Å². The molecule has 1 aliphatic heterocycles. The second-order valence-corrected chi connectivity index (χ2v) is 8.36. The molecule has 0 amide bonds. The summed E-state index contributed by atoms with van der Waals surface area (Å²) >= 11 is 12.2. The number of benzene rings is 1. The van der Waals surface area contributed by atoms with Crippen molar-refractivity contribution in [2.45, 2.75) is 51.1 Å². The standard InChI is InChI=1S/C19H28Cl2FN3/c1-13-12-24(9-8-14-2-4-15(23)5-3-14)10-11-25(13)17-7-6-16(22)18(20)19(17)21/h6-7,13-15H,2-5,8-12,23H2,1H3/t13-,14?,15?/m1/s1. The van der Waals surface area contributed by atoms with E-state index < -0.39 is 5.82 Å². The summed E-state index contributed by atoms with van der Waals surface area (Å²) in [5.74, 6) is 0.368. The average Bonchev–Trinajstić information content (AvgIpc) is 2.60. The van der Waals surface area contributed by atoms with Gasteiger partial charge in [-0.1, -0.05) is 23.2 Å². The fraction of sp³-hybridized carbons (Fsp3) is 0.684. The lowest BCUT2D eigenvalue weighted by molar-refractivity contribution is 0.198. The van der Waals surface area contributed by atoms with Crippen LogP contribution in [0.5, 0.6) is 0 Å². The maximum atomic E-state index is 13.5. The van der Waals surface area contributed by atoms with E-state index in [1.807, 2.05) is 0 Å². The minimum Gasteiger partial charge on any atom is -0.365 e. The normalized spacial score (nSPS) is 28.4. The highest BCUT2D eigenvalue weighted by Crippen LogP contribution is 2.36. The van der Waals surface area contributed by atoms with Gasteiger partial charge in [0.1, 0.15) is 5.82 Å². The van der Waals surface area contributed by atoms with E-state index in [-0.39, 0.29) is 5.02 Å². The highest BCUT2D eigenvalue weighted by molar-refractivity contribution is 6.43. The number of halogens is 3. The van der Waals surface area contributed by atoms with E-state index in [0.29, 0.717) is 17.1 Å². The summed E-state index contributed by atoms with van der Waals surface area (Å²) in [5.41, 5.74) is 6.83. The molecule has 1 aromatic rings. The molecule has 2 fully saturated rings. The zero-order valence-corrected chi connectivity index (χ0v) is 16.4. The molecule has 0 spiro atoms. The van der Waals surface area contributed by atoms with Crippen molar-refractivity contribution in [3.05, 3.63) is 28.0 Å². The number of piperazine rings is 1. The lowest BCUT2D eigenvalue weighted by Gasteiger charge is -2.42. The molecule has 1 aromatic carbocycles. The third kappa shape index (κ3) is 4.60. The number of nitrogens with two attached hydrogens (primary N) is 1. The molecule has 1 aliphatic carbocycles. The molecule has 1 saturated heterocycles. The summed E-state index contributed by atoms with van der Waals surface area (Å²) in [6, 6.07) is 3.89. The molecule has 1 saturated carbocycles. The maximum Gasteiger partial charge on any atom is 0.143 e. The molecule has 3 rings (SSSR count). The third-order valence-corrected chi connectivity index (χ3v) is 6.63. The zero-order chi connectivity index (χ0) is 18.0. The topological polar surface area (TPSA) is 32.5 Å². The lowest BCUT2D eigenvalue weighted by atomic mass is 9.84. The largest absolute Gasteiger partial charge is 0.365 e. The van der Waals surface area contributed by atoms with Gasteiger partial charge in [0.15, 0.2) is 0 Å². The van der Waals surface area contributed by atoms with Crippen LogP contribution < -0.4 is 10.6 Å². The van der Waals surface area contributed by atoms with Crippen LogP contribution in [0.2, 0.25) is 10.0 Å². The van der Waals surface area contributed by atoms with Gasteiger partial charge in [0.2, 0.25) is 0 Å². The Kier molecular flexibility index (Phi) is 6.48. The van der Waals surface area contributed by atoms with Crippen molar-refractivity contribution in [3.8, 4) is 0 Å². The van der Waals surface area contributed by atoms with Gasteiger partial charge in [0.05, 0.1) is 15.7 Å². The van der Waals surface area contributed by atoms with Crippen molar-refractivity contribution in [1.29, 1.82) is 0 Å². The first kappa shape index (κ1) is 19.2. The van der Waals surface area contributed by atoms with E-state index in [4.69, 9.17) is 28.9 Å². The van der Waals surface area contributed by atoms with Crippen molar-refractivity contribution in [2.75, 3.05) is 31.1 Å². The number of hydrogen-bond acceptors (Lipinski definition) is 3. The minimum absolute atomic E-state index is 0.0179. The van der Waals surface area contributed by atoms with E-state index >= 15 is 0 Å². The Morgan fingerprint density at radius 3 is 2.52 bits per heavy atom. The van der Waals surface area contributed by atoms with Crippen LogP contribution in [0.25, 0.3) is 0 Å². The molecule has 0 bridgehead atoms. The van der Waals surface area contributed by atoms with Gasteiger partial charge in [-0.15, -0.1) is 0 Å². The molecular formula is C19H28Cl2FN3. The van der Waals surface area contributed by atoms with Crippen LogP contribution in [-0.2, 0) is 0 Å². The second-order valence-electron chi connectivity index (χ2n) is 7.61. The first-order valence-electron chi connectivity index (χ1n) is 9.33. The van der Waals surface area contributed by atoms with Gasteiger partial charge in [-0.3, -0.25) is 4.90 Å². The predicted molar refractivity (Wildman–Crippen MR) is 104 cm³/mol. The van der Waals surface area contributed by atoms with Crippen LogP contribution >= 0.6 is 23.2 Å². The zero-order valence-electron chi connectivity index (χ0n) is 14.9. The van der Waals surface area contributed by atoms with Gasteiger partial charge < -0.3 is 10.6 Å². The minimum atomic E-state index is -0.464. The number of anilines is 1. The smallest absolute Gasteiger partial charge is 0.143 e. The summed E-state index contributed by atoms with van der Waals surface area (Å²) < 4.78 is 13.5. The highest BCUT2D eigenvalue weighted by atomic mass is 35.5. The lowest BCUT2D eigenvalue weighted by Crippen LogP contribution is -2.52. The molecule has 6 heteroatoms. The summed E-state index contributed by atoms with van der Waals surface area (Å²) in [5, 5.41) is 0.338. The Labute approximate surface area is 160 Å². The van der Waals surface area contributed by atoms with Crippen molar-refractivity contribution in [3.63, 3.8) is 0 Å².